The molecular weight excluding hydrogens is 324 g/mol. The first-order valence-electron chi connectivity index (χ1n) is 7.21. The van der Waals surface area contributed by atoms with E-state index < -0.39 is 0 Å². The van der Waals surface area contributed by atoms with Gasteiger partial charge in [0.05, 0.1) is 12.4 Å². The Kier molecular flexibility index (Phi) is 3.98. The van der Waals surface area contributed by atoms with E-state index in [2.05, 4.69) is 10.2 Å². The molecule has 1 aliphatic heterocycles. The minimum atomic E-state index is 0.292. The topological polar surface area (TPSA) is 57.4 Å². The lowest BCUT2D eigenvalue weighted by molar-refractivity contribution is -0.0168. The summed E-state index contributed by atoms with van der Waals surface area (Å²) in [5.41, 5.74) is 2.08. The van der Waals surface area contributed by atoms with E-state index in [-0.39, 0.29) is 0 Å². The van der Waals surface area contributed by atoms with E-state index in [0.29, 0.717) is 36.0 Å². The molecule has 0 atom stereocenters. The van der Waals surface area contributed by atoms with Crippen molar-refractivity contribution in [3.8, 4) is 5.75 Å². The smallest absolute Gasteiger partial charge is 0.226 e. The zero-order valence-corrected chi connectivity index (χ0v) is 13.5. The van der Waals surface area contributed by atoms with Gasteiger partial charge in [-0.2, -0.15) is 0 Å². The van der Waals surface area contributed by atoms with Crippen LogP contribution in [0.15, 0.2) is 16.5 Å². The van der Waals surface area contributed by atoms with Crippen molar-refractivity contribution in [3.05, 3.63) is 40.1 Å². The molecule has 0 spiro atoms. The number of thioether (sulfide) groups is 1. The normalized spacial score (nSPS) is 17.1. The van der Waals surface area contributed by atoms with Crippen molar-refractivity contribution in [1.82, 2.24) is 10.2 Å². The molecule has 0 N–H and O–H groups in total. The van der Waals surface area contributed by atoms with Gasteiger partial charge < -0.3 is 13.9 Å². The molecule has 4 rings (SSSR count). The molecule has 0 unspecified atom stereocenters. The summed E-state index contributed by atoms with van der Waals surface area (Å²) in [6.07, 6.45) is 2.34. The Morgan fingerprint density at radius 3 is 3.00 bits per heavy atom. The number of hydrogen-bond donors (Lipinski definition) is 0. The highest BCUT2D eigenvalue weighted by atomic mass is 35.5. The maximum Gasteiger partial charge on any atom is 0.226 e. The summed E-state index contributed by atoms with van der Waals surface area (Å²) in [4.78, 5) is 0. The highest BCUT2D eigenvalue weighted by molar-refractivity contribution is 7.97. The summed E-state index contributed by atoms with van der Waals surface area (Å²) in [5, 5.41) is 8.90. The van der Waals surface area contributed by atoms with Gasteiger partial charge in [0.25, 0.3) is 0 Å². The van der Waals surface area contributed by atoms with Gasteiger partial charge >= 0.3 is 0 Å². The van der Waals surface area contributed by atoms with Crippen LogP contribution < -0.4 is 4.74 Å². The lowest BCUT2D eigenvalue weighted by atomic mass is 10.1. The Balaban J connectivity index is 1.41. The van der Waals surface area contributed by atoms with E-state index in [1.54, 1.807) is 11.8 Å². The SMILES string of the molecule is Clc1cc2c(c(CSCc3nnc(C4CC4)o3)c1)OCOC2. The minimum Gasteiger partial charge on any atom is -0.467 e. The Labute approximate surface area is 137 Å². The standard InChI is InChI=1S/C15H15ClN2O3S/c16-12-3-10-5-19-8-20-14(10)11(4-12)6-22-7-13-17-18-15(21-13)9-1-2-9/h3-4,9H,1-2,5-8H2. The Hall–Kier alpha value is -1.24. The summed E-state index contributed by atoms with van der Waals surface area (Å²) in [5.74, 6) is 4.34. The molecule has 0 amide bonds. The largest absolute Gasteiger partial charge is 0.467 e. The van der Waals surface area contributed by atoms with Gasteiger partial charge in [-0.15, -0.1) is 22.0 Å². The van der Waals surface area contributed by atoms with E-state index in [1.165, 1.54) is 12.8 Å². The second-order valence-electron chi connectivity index (χ2n) is 5.46. The molecule has 1 fully saturated rings. The van der Waals surface area contributed by atoms with Crippen LogP contribution in [-0.4, -0.2) is 17.0 Å². The molecule has 0 saturated heterocycles. The van der Waals surface area contributed by atoms with Crippen molar-refractivity contribution in [1.29, 1.82) is 0 Å². The van der Waals surface area contributed by atoms with E-state index in [9.17, 15) is 0 Å². The van der Waals surface area contributed by atoms with Crippen LogP contribution in [0.2, 0.25) is 5.02 Å². The summed E-state index contributed by atoms with van der Waals surface area (Å²) < 4.78 is 16.6. The first kappa shape index (κ1) is 14.4. The first-order chi connectivity index (χ1) is 10.8. The average molecular weight is 339 g/mol. The van der Waals surface area contributed by atoms with Crippen LogP contribution in [-0.2, 0) is 22.8 Å². The molecule has 2 heterocycles. The van der Waals surface area contributed by atoms with Crippen LogP contribution >= 0.6 is 23.4 Å². The molecule has 116 valence electrons. The second kappa shape index (κ2) is 6.10. The predicted molar refractivity (Wildman–Crippen MR) is 83.0 cm³/mol. The molecule has 5 nitrogen and oxygen atoms in total. The molecule has 1 aliphatic carbocycles. The van der Waals surface area contributed by atoms with Gasteiger partial charge in [-0.3, -0.25) is 0 Å². The van der Waals surface area contributed by atoms with Crippen molar-refractivity contribution in [3.63, 3.8) is 0 Å². The van der Waals surface area contributed by atoms with Crippen LogP contribution in [0.3, 0.4) is 0 Å². The van der Waals surface area contributed by atoms with Gasteiger partial charge in [0.1, 0.15) is 5.75 Å². The summed E-state index contributed by atoms with van der Waals surface area (Å²) >= 11 is 7.87. The van der Waals surface area contributed by atoms with Gasteiger partial charge in [-0.25, -0.2) is 0 Å². The van der Waals surface area contributed by atoms with Crippen LogP contribution in [0.4, 0.5) is 0 Å². The average Bonchev–Trinajstić information content (AvgIpc) is 3.27. The number of halogens is 1. The predicted octanol–water partition coefficient (Wildman–Crippen LogP) is 3.90. The number of rotatable bonds is 5. The lowest BCUT2D eigenvalue weighted by Crippen LogP contribution is -2.12. The van der Waals surface area contributed by atoms with Gasteiger partial charge in [0, 0.05) is 27.8 Å². The highest BCUT2D eigenvalue weighted by Gasteiger charge is 2.29. The van der Waals surface area contributed by atoms with Crippen molar-refractivity contribution in [2.75, 3.05) is 6.79 Å². The van der Waals surface area contributed by atoms with Crippen LogP contribution in [0.25, 0.3) is 0 Å². The van der Waals surface area contributed by atoms with E-state index in [1.807, 2.05) is 12.1 Å². The van der Waals surface area contributed by atoms with Crippen LogP contribution in [0.1, 0.15) is 41.7 Å². The molecule has 22 heavy (non-hydrogen) atoms. The number of hydrogen-bond acceptors (Lipinski definition) is 6. The highest BCUT2D eigenvalue weighted by Crippen LogP contribution is 2.39. The summed E-state index contributed by atoms with van der Waals surface area (Å²) in [7, 11) is 0. The Bertz CT molecular complexity index is 687. The molecule has 1 aromatic carbocycles. The quantitative estimate of drug-likeness (QED) is 0.824. The molecule has 0 radical (unpaired) electrons. The molecule has 0 bridgehead atoms. The summed E-state index contributed by atoms with van der Waals surface area (Å²) in [6.45, 7) is 0.836. The number of nitrogens with zero attached hydrogens (tertiary/aromatic N) is 2. The van der Waals surface area contributed by atoms with Gasteiger partial charge in [0.15, 0.2) is 6.79 Å². The van der Waals surface area contributed by atoms with Crippen molar-refractivity contribution in [2.45, 2.75) is 36.9 Å². The lowest BCUT2D eigenvalue weighted by Gasteiger charge is -2.20. The van der Waals surface area contributed by atoms with E-state index in [4.69, 9.17) is 25.5 Å². The molecule has 2 aliphatic rings. The fourth-order valence-electron chi connectivity index (χ4n) is 2.43. The third-order valence-corrected chi connectivity index (χ3v) is 4.83. The fraction of sp³-hybridized carbons (Fsp3) is 0.467. The Morgan fingerprint density at radius 2 is 2.14 bits per heavy atom. The monoisotopic (exact) mass is 338 g/mol. The first-order valence-corrected chi connectivity index (χ1v) is 8.75. The van der Waals surface area contributed by atoms with Gasteiger partial charge in [0.2, 0.25) is 11.8 Å². The van der Waals surface area contributed by atoms with Gasteiger partial charge in [-0.1, -0.05) is 11.6 Å². The van der Waals surface area contributed by atoms with Crippen molar-refractivity contribution >= 4 is 23.4 Å². The molecule has 1 saturated carbocycles. The molecular formula is C15H15ClN2O3S. The number of ether oxygens (including phenoxy) is 2. The number of benzene rings is 1. The zero-order chi connectivity index (χ0) is 14.9. The van der Waals surface area contributed by atoms with Crippen LogP contribution in [0.5, 0.6) is 5.75 Å². The Morgan fingerprint density at radius 1 is 1.23 bits per heavy atom. The minimum absolute atomic E-state index is 0.292. The van der Waals surface area contributed by atoms with Gasteiger partial charge in [-0.05, 0) is 25.0 Å². The molecule has 7 heteroatoms. The molecule has 2 aromatic rings. The number of aromatic nitrogens is 2. The van der Waals surface area contributed by atoms with E-state index >= 15 is 0 Å². The maximum absolute atomic E-state index is 6.16. The zero-order valence-electron chi connectivity index (χ0n) is 11.9. The van der Waals surface area contributed by atoms with Crippen molar-refractivity contribution < 1.29 is 13.9 Å². The van der Waals surface area contributed by atoms with Crippen molar-refractivity contribution in [2.24, 2.45) is 0 Å². The maximum atomic E-state index is 6.16. The second-order valence-corrected chi connectivity index (χ2v) is 6.89. The third-order valence-electron chi connectivity index (χ3n) is 3.64. The summed E-state index contributed by atoms with van der Waals surface area (Å²) in [6, 6.07) is 3.84. The van der Waals surface area contributed by atoms with E-state index in [0.717, 1.165) is 28.5 Å². The molecule has 1 aromatic heterocycles. The fourth-order valence-corrected chi connectivity index (χ4v) is 3.52. The van der Waals surface area contributed by atoms with Crippen LogP contribution in [0, 0.1) is 0 Å². The number of fused-ring (bicyclic) bond motifs is 1. The third kappa shape index (κ3) is 3.09.